The summed E-state index contributed by atoms with van der Waals surface area (Å²) in [6, 6.07) is 19.1. The molecule has 0 saturated heterocycles. The third kappa shape index (κ3) is 3.00. The van der Waals surface area contributed by atoms with E-state index in [2.05, 4.69) is 15.5 Å². The van der Waals surface area contributed by atoms with Crippen molar-refractivity contribution in [3.63, 3.8) is 0 Å². The molecule has 0 aliphatic carbocycles. The van der Waals surface area contributed by atoms with E-state index in [1.165, 1.54) is 0 Å². The number of aromatic nitrogens is 2. The molecule has 0 spiro atoms. The highest BCUT2D eigenvalue weighted by Crippen LogP contribution is 2.19. The summed E-state index contributed by atoms with van der Waals surface area (Å²) in [5.41, 5.74) is 3.64. The summed E-state index contributed by atoms with van der Waals surface area (Å²) in [5.74, 6) is 0.348. The van der Waals surface area contributed by atoms with Gasteiger partial charge in [0.05, 0.1) is 5.69 Å². The maximum Gasteiger partial charge on any atom is 0.256 e. The van der Waals surface area contributed by atoms with Crippen molar-refractivity contribution >= 4 is 11.7 Å². The molecule has 1 aromatic heterocycles. The van der Waals surface area contributed by atoms with Crippen molar-refractivity contribution in [1.82, 2.24) is 10.2 Å². The lowest BCUT2D eigenvalue weighted by atomic mass is 10.1. The summed E-state index contributed by atoms with van der Waals surface area (Å²) < 4.78 is 0. The van der Waals surface area contributed by atoms with Gasteiger partial charge in [-0.3, -0.25) is 9.89 Å². The lowest BCUT2D eigenvalue weighted by molar-refractivity contribution is 0.102. The van der Waals surface area contributed by atoms with Crippen LogP contribution in [-0.4, -0.2) is 16.1 Å². The van der Waals surface area contributed by atoms with Crippen molar-refractivity contribution in [3.05, 3.63) is 71.8 Å². The molecule has 0 bridgehead atoms. The van der Waals surface area contributed by atoms with E-state index in [-0.39, 0.29) is 5.91 Å². The lowest BCUT2D eigenvalue weighted by Gasteiger charge is -2.01. The van der Waals surface area contributed by atoms with Gasteiger partial charge in [0.15, 0.2) is 5.82 Å². The van der Waals surface area contributed by atoms with Crippen LogP contribution in [0.2, 0.25) is 0 Å². The number of carbonyl (C=O) groups excluding carboxylic acids is 1. The second-order valence-corrected chi connectivity index (χ2v) is 4.85. The van der Waals surface area contributed by atoms with Gasteiger partial charge in [-0.2, -0.15) is 5.10 Å². The van der Waals surface area contributed by atoms with Crippen LogP contribution in [0.15, 0.2) is 60.7 Å². The fourth-order valence-corrected chi connectivity index (χ4v) is 2.04. The minimum absolute atomic E-state index is 0.166. The summed E-state index contributed by atoms with van der Waals surface area (Å²) in [7, 11) is 0. The Labute approximate surface area is 122 Å². The van der Waals surface area contributed by atoms with Gasteiger partial charge in [0.2, 0.25) is 0 Å². The van der Waals surface area contributed by atoms with Crippen LogP contribution >= 0.6 is 0 Å². The first-order valence-corrected chi connectivity index (χ1v) is 6.71. The van der Waals surface area contributed by atoms with E-state index in [1.54, 1.807) is 12.1 Å². The summed E-state index contributed by atoms with van der Waals surface area (Å²) in [6.45, 7) is 1.99. The number of nitrogens with zero attached hydrogens (tertiary/aromatic N) is 1. The van der Waals surface area contributed by atoms with E-state index in [9.17, 15) is 4.79 Å². The molecule has 2 N–H and O–H groups in total. The Morgan fingerprint density at radius 1 is 1.05 bits per heavy atom. The van der Waals surface area contributed by atoms with E-state index < -0.39 is 0 Å². The molecule has 1 amide bonds. The SMILES string of the molecule is Cc1ccc(C(=O)Nc2cc(-c3ccccc3)[nH]n2)cc1. The Bertz CT molecular complexity index is 745. The van der Waals surface area contributed by atoms with Crippen molar-refractivity contribution in [2.45, 2.75) is 6.92 Å². The molecule has 1 heterocycles. The van der Waals surface area contributed by atoms with Crippen LogP contribution in [0.25, 0.3) is 11.3 Å². The van der Waals surface area contributed by atoms with Gasteiger partial charge in [-0.05, 0) is 24.6 Å². The highest BCUT2D eigenvalue weighted by atomic mass is 16.1. The van der Waals surface area contributed by atoms with Gasteiger partial charge in [-0.25, -0.2) is 0 Å². The second kappa shape index (κ2) is 5.63. The minimum atomic E-state index is -0.166. The van der Waals surface area contributed by atoms with Gasteiger partial charge in [0.1, 0.15) is 0 Å². The number of aromatic amines is 1. The van der Waals surface area contributed by atoms with E-state index in [4.69, 9.17) is 0 Å². The molecule has 0 unspecified atom stereocenters. The van der Waals surface area contributed by atoms with Gasteiger partial charge in [0.25, 0.3) is 5.91 Å². The zero-order valence-electron chi connectivity index (χ0n) is 11.6. The van der Waals surface area contributed by atoms with Crippen molar-refractivity contribution in [2.75, 3.05) is 5.32 Å². The quantitative estimate of drug-likeness (QED) is 0.768. The van der Waals surface area contributed by atoms with Crippen molar-refractivity contribution in [2.24, 2.45) is 0 Å². The molecule has 21 heavy (non-hydrogen) atoms. The minimum Gasteiger partial charge on any atom is -0.305 e. The van der Waals surface area contributed by atoms with Crippen LogP contribution < -0.4 is 5.32 Å². The van der Waals surface area contributed by atoms with Crippen LogP contribution in [0, 0.1) is 6.92 Å². The predicted molar refractivity (Wildman–Crippen MR) is 83.2 cm³/mol. The molecular formula is C17H15N3O. The van der Waals surface area contributed by atoms with Crippen molar-refractivity contribution < 1.29 is 4.79 Å². The maximum atomic E-state index is 12.1. The maximum absolute atomic E-state index is 12.1. The Morgan fingerprint density at radius 2 is 1.76 bits per heavy atom. The number of hydrogen-bond donors (Lipinski definition) is 2. The topological polar surface area (TPSA) is 57.8 Å². The van der Waals surface area contributed by atoms with Crippen LogP contribution in [0.1, 0.15) is 15.9 Å². The Morgan fingerprint density at radius 3 is 2.48 bits per heavy atom. The summed E-state index contributed by atoms with van der Waals surface area (Å²) >= 11 is 0. The Balaban J connectivity index is 1.75. The molecule has 0 radical (unpaired) electrons. The van der Waals surface area contributed by atoms with Gasteiger partial charge in [-0.1, -0.05) is 48.0 Å². The highest BCUT2D eigenvalue weighted by molar-refractivity contribution is 6.03. The molecule has 4 nitrogen and oxygen atoms in total. The number of amides is 1. The number of aryl methyl sites for hydroxylation is 1. The van der Waals surface area contributed by atoms with E-state index in [0.29, 0.717) is 11.4 Å². The van der Waals surface area contributed by atoms with Crippen molar-refractivity contribution in [1.29, 1.82) is 0 Å². The van der Waals surface area contributed by atoms with Crippen LogP contribution in [0.4, 0.5) is 5.82 Å². The summed E-state index contributed by atoms with van der Waals surface area (Å²) in [5, 5.41) is 9.83. The number of carbonyl (C=O) groups is 1. The number of hydrogen-bond acceptors (Lipinski definition) is 2. The summed E-state index contributed by atoms with van der Waals surface area (Å²) in [6.07, 6.45) is 0. The Kier molecular flexibility index (Phi) is 3.51. The third-order valence-corrected chi connectivity index (χ3v) is 3.22. The number of benzene rings is 2. The van der Waals surface area contributed by atoms with Gasteiger partial charge >= 0.3 is 0 Å². The number of nitrogens with one attached hydrogen (secondary N) is 2. The van der Waals surface area contributed by atoms with Crippen molar-refractivity contribution in [3.8, 4) is 11.3 Å². The molecule has 0 saturated carbocycles. The normalized spacial score (nSPS) is 10.3. The van der Waals surface area contributed by atoms with Gasteiger partial charge < -0.3 is 5.32 Å². The van der Waals surface area contributed by atoms with Gasteiger partial charge in [-0.15, -0.1) is 0 Å². The van der Waals surface area contributed by atoms with Crippen LogP contribution in [0.5, 0.6) is 0 Å². The standard InChI is InChI=1S/C17H15N3O/c1-12-7-9-14(10-8-12)17(21)18-16-11-15(19-20-16)13-5-3-2-4-6-13/h2-11H,1H3,(H2,18,19,20,21). The lowest BCUT2D eigenvalue weighted by Crippen LogP contribution is -2.11. The zero-order chi connectivity index (χ0) is 14.7. The van der Waals surface area contributed by atoms with Crippen LogP contribution in [0.3, 0.4) is 0 Å². The van der Waals surface area contributed by atoms with E-state index >= 15 is 0 Å². The first-order valence-electron chi connectivity index (χ1n) is 6.71. The smallest absolute Gasteiger partial charge is 0.256 e. The summed E-state index contributed by atoms with van der Waals surface area (Å²) in [4.78, 5) is 12.1. The largest absolute Gasteiger partial charge is 0.305 e. The molecule has 2 aromatic carbocycles. The fourth-order valence-electron chi connectivity index (χ4n) is 2.04. The van der Waals surface area contributed by atoms with E-state index in [0.717, 1.165) is 16.8 Å². The first kappa shape index (κ1) is 13.1. The molecule has 4 heteroatoms. The number of anilines is 1. The predicted octanol–water partition coefficient (Wildman–Crippen LogP) is 3.64. The first-order chi connectivity index (χ1) is 10.2. The average molecular weight is 277 g/mol. The number of rotatable bonds is 3. The zero-order valence-corrected chi connectivity index (χ0v) is 11.6. The molecule has 0 fully saturated rings. The van der Waals surface area contributed by atoms with Gasteiger partial charge in [0, 0.05) is 11.6 Å². The fraction of sp³-hybridized carbons (Fsp3) is 0.0588. The molecule has 3 rings (SSSR count). The molecule has 104 valence electrons. The van der Waals surface area contributed by atoms with E-state index in [1.807, 2.05) is 55.5 Å². The molecule has 0 aliphatic rings. The molecule has 3 aromatic rings. The molecule has 0 aliphatic heterocycles. The average Bonchev–Trinajstić information content (AvgIpc) is 2.97. The third-order valence-electron chi connectivity index (χ3n) is 3.22. The van der Waals surface area contributed by atoms with Crippen LogP contribution in [-0.2, 0) is 0 Å². The highest BCUT2D eigenvalue weighted by Gasteiger charge is 2.09. The Hall–Kier alpha value is -2.88. The monoisotopic (exact) mass is 277 g/mol. The number of H-pyrrole nitrogens is 1. The molecule has 0 atom stereocenters. The second-order valence-electron chi connectivity index (χ2n) is 4.85. The molecular weight excluding hydrogens is 262 g/mol.